The average Bonchev–Trinajstić information content (AvgIpc) is 2.98. The number of sulfonamides is 1. The third kappa shape index (κ3) is 4.19. The standard InChI is InChI=1S/C22H21N3O7S/c1-12(2)32-17-5-3-4-6-18(17)33(30,31)24-13-7-8-14-15(11-13)22(29)25(21(14)28)16-9-10-19(26)23-20(16)27/h3-8,11-12,16,24H,9-10H2,1-2H3,(H,23,26,27). The van der Waals surface area contributed by atoms with Gasteiger partial charge in [-0.15, -0.1) is 0 Å². The van der Waals surface area contributed by atoms with Crippen molar-refractivity contribution >= 4 is 39.3 Å². The van der Waals surface area contributed by atoms with Gasteiger partial charge in [-0.1, -0.05) is 12.1 Å². The number of hydrogen-bond acceptors (Lipinski definition) is 7. The van der Waals surface area contributed by atoms with E-state index < -0.39 is 39.7 Å². The molecule has 1 saturated heterocycles. The number of fused-ring (bicyclic) bond motifs is 1. The Labute approximate surface area is 190 Å². The molecule has 0 aromatic heterocycles. The lowest BCUT2D eigenvalue weighted by atomic mass is 10.0. The zero-order valence-electron chi connectivity index (χ0n) is 17.8. The summed E-state index contributed by atoms with van der Waals surface area (Å²) in [5.74, 6) is -2.41. The zero-order valence-corrected chi connectivity index (χ0v) is 18.6. The van der Waals surface area contributed by atoms with E-state index in [1.807, 2.05) is 0 Å². The van der Waals surface area contributed by atoms with Gasteiger partial charge in [0.25, 0.3) is 21.8 Å². The molecule has 1 atom stereocenters. The highest BCUT2D eigenvalue weighted by Crippen LogP contribution is 2.31. The first-order chi connectivity index (χ1) is 15.6. The van der Waals surface area contributed by atoms with E-state index in [1.54, 1.807) is 26.0 Å². The Morgan fingerprint density at radius 3 is 2.42 bits per heavy atom. The van der Waals surface area contributed by atoms with Crippen LogP contribution < -0.4 is 14.8 Å². The summed E-state index contributed by atoms with van der Waals surface area (Å²) in [5, 5.41) is 2.13. The second-order valence-electron chi connectivity index (χ2n) is 7.93. The minimum Gasteiger partial charge on any atom is -0.490 e. The molecular weight excluding hydrogens is 450 g/mol. The van der Waals surface area contributed by atoms with Crippen molar-refractivity contribution in [3.63, 3.8) is 0 Å². The number of para-hydroxylation sites is 1. The van der Waals surface area contributed by atoms with E-state index in [0.717, 1.165) is 4.90 Å². The van der Waals surface area contributed by atoms with Crippen LogP contribution in [-0.4, -0.2) is 49.1 Å². The number of piperidine rings is 1. The fraction of sp³-hybridized carbons (Fsp3) is 0.273. The number of ether oxygens (including phenoxy) is 1. The van der Waals surface area contributed by atoms with Crippen molar-refractivity contribution in [1.29, 1.82) is 0 Å². The summed E-state index contributed by atoms with van der Waals surface area (Å²) in [4.78, 5) is 50.0. The Bertz CT molecular complexity index is 1290. The predicted molar refractivity (Wildman–Crippen MR) is 116 cm³/mol. The largest absolute Gasteiger partial charge is 0.490 e. The summed E-state index contributed by atoms with van der Waals surface area (Å²) in [6.07, 6.45) is -0.210. The highest BCUT2D eigenvalue weighted by Gasteiger charge is 2.44. The first-order valence-corrected chi connectivity index (χ1v) is 11.7. The van der Waals surface area contributed by atoms with E-state index >= 15 is 0 Å². The second-order valence-corrected chi connectivity index (χ2v) is 9.58. The van der Waals surface area contributed by atoms with Gasteiger partial charge in [-0.2, -0.15) is 0 Å². The van der Waals surface area contributed by atoms with Crippen molar-refractivity contribution in [2.24, 2.45) is 0 Å². The van der Waals surface area contributed by atoms with Gasteiger partial charge in [0, 0.05) is 12.1 Å². The number of hydrogen-bond donors (Lipinski definition) is 2. The molecule has 1 unspecified atom stereocenters. The fourth-order valence-corrected chi connectivity index (χ4v) is 4.95. The van der Waals surface area contributed by atoms with E-state index in [2.05, 4.69) is 10.0 Å². The molecule has 10 nitrogen and oxygen atoms in total. The minimum atomic E-state index is -4.07. The molecule has 2 N–H and O–H groups in total. The monoisotopic (exact) mass is 471 g/mol. The second kappa shape index (κ2) is 8.32. The lowest BCUT2D eigenvalue weighted by Gasteiger charge is -2.27. The number of nitrogens with one attached hydrogen (secondary N) is 2. The Hall–Kier alpha value is -3.73. The van der Waals surface area contributed by atoms with Crippen LogP contribution in [0.3, 0.4) is 0 Å². The lowest BCUT2D eigenvalue weighted by molar-refractivity contribution is -0.136. The quantitative estimate of drug-likeness (QED) is 0.611. The lowest BCUT2D eigenvalue weighted by Crippen LogP contribution is -2.54. The molecule has 0 saturated carbocycles. The fourth-order valence-electron chi connectivity index (χ4n) is 3.77. The van der Waals surface area contributed by atoms with Crippen LogP contribution in [0.25, 0.3) is 0 Å². The third-order valence-corrected chi connectivity index (χ3v) is 6.61. The molecule has 0 aliphatic carbocycles. The van der Waals surface area contributed by atoms with Gasteiger partial charge in [-0.25, -0.2) is 8.42 Å². The number of anilines is 1. The number of benzene rings is 2. The van der Waals surface area contributed by atoms with Crippen LogP contribution in [0.4, 0.5) is 5.69 Å². The molecule has 0 bridgehead atoms. The van der Waals surface area contributed by atoms with Crippen LogP contribution in [0.1, 0.15) is 47.4 Å². The van der Waals surface area contributed by atoms with E-state index in [4.69, 9.17) is 4.74 Å². The Kier molecular flexibility index (Phi) is 5.66. The maximum atomic E-state index is 13.0. The highest BCUT2D eigenvalue weighted by molar-refractivity contribution is 7.92. The van der Waals surface area contributed by atoms with E-state index in [9.17, 15) is 27.6 Å². The van der Waals surface area contributed by atoms with E-state index in [0.29, 0.717) is 0 Å². The topological polar surface area (TPSA) is 139 Å². The van der Waals surface area contributed by atoms with Gasteiger partial charge in [-0.05, 0) is 50.6 Å². The van der Waals surface area contributed by atoms with Gasteiger partial charge in [-0.3, -0.25) is 34.1 Å². The molecule has 2 aromatic rings. The Morgan fingerprint density at radius 1 is 1.03 bits per heavy atom. The normalized spacial score (nSPS) is 18.4. The number of imide groups is 2. The maximum Gasteiger partial charge on any atom is 0.265 e. The van der Waals surface area contributed by atoms with E-state index in [1.165, 1.54) is 30.3 Å². The summed E-state index contributed by atoms with van der Waals surface area (Å²) in [5.41, 5.74) is 0.0900. The van der Waals surface area contributed by atoms with Crippen molar-refractivity contribution in [2.45, 2.75) is 43.7 Å². The molecule has 2 aromatic carbocycles. The number of carbonyl (C=O) groups is 4. The molecule has 1 fully saturated rings. The molecule has 172 valence electrons. The van der Waals surface area contributed by atoms with Crippen LogP contribution in [0.15, 0.2) is 47.4 Å². The molecule has 11 heteroatoms. The van der Waals surface area contributed by atoms with Crippen LogP contribution in [-0.2, 0) is 19.6 Å². The van der Waals surface area contributed by atoms with Crippen molar-refractivity contribution in [3.05, 3.63) is 53.6 Å². The summed E-state index contributed by atoms with van der Waals surface area (Å²) in [6.45, 7) is 3.54. The molecule has 2 aliphatic heterocycles. The van der Waals surface area contributed by atoms with Gasteiger partial charge >= 0.3 is 0 Å². The summed E-state index contributed by atoms with van der Waals surface area (Å²) >= 11 is 0. The molecule has 0 radical (unpaired) electrons. The first-order valence-electron chi connectivity index (χ1n) is 10.2. The zero-order chi connectivity index (χ0) is 23.9. The summed E-state index contributed by atoms with van der Waals surface area (Å²) < 4.78 is 34.0. The molecule has 4 rings (SSSR count). The van der Waals surface area contributed by atoms with Crippen LogP contribution in [0.2, 0.25) is 0 Å². The molecular formula is C22H21N3O7S. The number of nitrogens with zero attached hydrogens (tertiary/aromatic N) is 1. The van der Waals surface area contributed by atoms with Gasteiger partial charge in [0.05, 0.1) is 17.2 Å². The molecule has 2 aliphatic rings. The van der Waals surface area contributed by atoms with Gasteiger partial charge in [0.2, 0.25) is 11.8 Å². The molecule has 2 heterocycles. The van der Waals surface area contributed by atoms with Crippen LogP contribution >= 0.6 is 0 Å². The number of rotatable bonds is 6. The number of amides is 4. The molecule has 4 amide bonds. The third-order valence-electron chi connectivity index (χ3n) is 5.19. The van der Waals surface area contributed by atoms with Crippen LogP contribution in [0, 0.1) is 0 Å². The minimum absolute atomic E-state index is 0.00666. The van der Waals surface area contributed by atoms with Gasteiger partial charge in [0.15, 0.2) is 0 Å². The predicted octanol–water partition coefficient (Wildman–Crippen LogP) is 1.68. The van der Waals surface area contributed by atoms with E-state index in [-0.39, 0.29) is 46.4 Å². The molecule has 33 heavy (non-hydrogen) atoms. The van der Waals surface area contributed by atoms with Crippen LogP contribution in [0.5, 0.6) is 5.75 Å². The Morgan fingerprint density at radius 2 is 1.73 bits per heavy atom. The summed E-state index contributed by atoms with van der Waals surface area (Å²) in [6, 6.07) is 8.99. The Balaban J connectivity index is 1.62. The molecule has 0 spiro atoms. The van der Waals surface area contributed by atoms with Crippen molar-refractivity contribution in [1.82, 2.24) is 10.2 Å². The van der Waals surface area contributed by atoms with Gasteiger partial charge < -0.3 is 4.74 Å². The number of carbonyl (C=O) groups excluding carboxylic acids is 4. The SMILES string of the molecule is CC(C)Oc1ccccc1S(=O)(=O)Nc1ccc2c(c1)C(=O)N(C1CCC(=O)NC1=O)C2=O. The summed E-state index contributed by atoms with van der Waals surface area (Å²) in [7, 11) is -4.07. The first kappa shape index (κ1) is 22.5. The smallest absolute Gasteiger partial charge is 0.265 e. The van der Waals surface area contributed by atoms with Crippen molar-refractivity contribution < 1.29 is 32.3 Å². The van der Waals surface area contributed by atoms with Crippen molar-refractivity contribution in [2.75, 3.05) is 4.72 Å². The maximum absolute atomic E-state index is 13.0. The average molecular weight is 471 g/mol. The van der Waals surface area contributed by atoms with Gasteiger partial charge in [0.1, 0.15) is 16.7 Å². The van der Waals surface area contributed by atoms with Crippen molar-refractivity contribution in [3.8, 4) is 5.75 Å². The highest BCUT2D eigenvalue weighted by atomic mass is 32.2.